The number of rotatable bonds is 5. The predicted octanol–water partition coefficient (Wildman–Crippen LogP) is 1.87. The van der Waals surface area contributed by atoms with E-state index in [-0.39, 0.29) is 18.4 Å². The number of piperidine rings is 1. The molecule has 0 radical (unpaired) electrons. The van der Waals surface area contributed by atoms with Gasteiger partial charge in [-0.2, -0.15) is 0 Å². The number of carbonyl (C=O) groups is 2. The van der Waals surface area contributed by atoms with Crippen LogP contribution in [0.2, 0.25) is 0 Å². The number of hydrogen-bond donors (Lipinski definition) is 1. The Hall–Kier alpha value is -1.62. The van der Waals surface area contributed by atoms with Gasteiger partial charge in [0.25, 0.3) is 0 Å². The van der Waals surface area contributed by atoms with E-state index in [4.69, 9.17) is 0 Å². The number of carbonyl (C=O) groups excluding carboxylic acids is 2. The van der Waals surface area contributed by atoms with Crippen molar-refractivity contribution in [3.8, 4) is 0 Å². The minimum absolute atomic E-state index is 0.00269. The molecule has 2 aliphatic rings. The van der Waals surface area contributed by atoms with Gasteiger partial charge >= 0.3 is 0 Å². The van der Waals surface area contributed by atoms with E-state index in [9.17, 15) is 14.7 Å². The molecule has 0 aromatic carbocycles. The highest BCUT2D eigenvalue weighted by Gasteiger charge is 2.42. The smallest absolute Gasteiger partial charge is 0.246 e. The molecule has 128 valence electrons. The van der Waals surface area contributed by atoms with Gasteiger partial charge in [0.05, 0.1) is 6.10 Å². The lowest BCUT2D eigenvalue weighted by Gasteiger charge is -2.43. The van der Waals surface area contributed by atoms with E-state index in [1.54, 1.807) is 9.80 Å². The number of fused-ring (bicyclic) bond motifs is 1. The molecule has 23 heavy (non-hydrogen) atoms. The van der Waals surface area contributed by atoms with E-state index >= 15 is 0 Å². The van der Waals surface area contributed by atoms with Crippen molar-refractivity contribution in [1.82, 2.24) is 9.80 Å². The van der Waals surface area contributed by atoms with Crippen molar-refractivity contribution in [2.24, 2.45) is 0 Å². The maximum atomic E-state index is 12.5. The average Bonchev–Trinajstić information content (AvgIpc) is 2.49. The van der Waals surface area contributed by atoms with Crippen LogP contribution in [0.4, 0.5) is 0 Å². The van der Waals surface area contributed by atoms with Gasteiger partial charge in [-0.25, -0.2) is 0 Å². The summed E-state index contributed by atoms with van der Waals surface area (Å²) in [5.74, 6) is -0.0335. The molecule has 0 aliphatic carbocycles. The third-order valence-corrected chi connectivity index (χ3v) is 4.57. The first-order chi connectivity index (χ1) is 10.9. The Kier molecular flexibility index (Phi) is 5.99. The van der Waals surface area contributed by atoms with Crippen LogP contribution in [0.25, 0.3) is 0 Å². The molecule has 2 atom stereocenters. The fraction of sp³-hybridized carbons (Fsp3) is 0.667. The van der Waals surface area contributed by atoms with Crippen LogP contribution in [0.5, 0.6) is 0 Å². The molecule has 2 fully saturated rings. The van der Waals surface area contributed by atoms with Crippen molar-refractivity contribution in [1.29, 1.82) is 0 Å². The summed E-state index contributed by atoms with van der Waals surface area (Å²) in [4.78, 5) is 28.0. The van der Waals surface area contributed by atoms with Gasteiger partial charge < -0.3 is 14.9 Å². The third kappa shape index (κ3) is 4.67. The van der Waals surface area contributed by atoms with Crippen molar-refractivity contribution >= 4 is 11.8 Å². The lowest BCUT2D eigenvalue weighted by Crippen LogP contribution is -2.62. The molecule has 5 nitrogen and oxygen atoms in total. The van der Waals surface area contributed by atoms with Crippen LogP contribution in [0, 0.1) is 0 Å². The van der Waals surface area contributed by atoms with Crippen LogP contribution in [-0.4, -0.2) is 58.5 Å². The van der Waals surface area contributed by atoms with E-state index in [1.165, 1.54) is 11.1 Å². The molecule has 0 unspecified atom stereocenters. The topological polar surface area (TPSA) is 60.9 Å². The van der Waals surface area contributed by atoms with Gasteiger partial charge in [-0.3, -0.25) is 9.59 Å². The molecule has 2 heterocycles. The first kappa shape index (κ1) is 17.7. The molecule has 2 amide bonds. The van der Waals surface area contributed by atoms with E-state index in [0.717, 1.165) is 12.8 Å². The Morgan fingerprint density at radius 2 is 2.00 bits per heavy atom. The lowest BCUT2D eigenvalue weighted by molar-refractivity contribution is -0.159. The van der Waals surface area contributed by atoms with Crippen LogP contribution in [0.3, 0.4) is 0 Å². The quantitative estimate of drug-likeness (QED) is 0.787. The molecule has 0 saturated carbocycles. The number of aliphatic hydroxyl groups excluding tert-OH is 1. The van der Waals surface area contributed by atoms with E-state index in [1.807, 2.05) is 6.08 Å². The fourth-order valence-corrected chi connectivity index (χ4v) is 3.13. The normalized spacial score (nSPS) is 25.5. The van der Waals surface area contributed by atoms with Crippen molar-refractivity contribution in [3.63, 3.8) is 0 Å². The van der Waals surface area contributed by atoms with Gasteiger partial charge in [0.2, 0.25) is 11.8 Å². The Labute approximate surface area is 138 Å². The summed E-state index contributed by atoms with van der Waals surface area (Å²) in [5.41, 5.74) is 2.54. The van der Waals surface area contributed by atoms with Crippen molar-refractivity contribution in [2.75, 3.05) is 19.6 Å². The van der Waals surface area contributed by atoms with Gasteiger partial charge in [-0.05, 0) is 40.0 Å². The summed E-state index contributed by atoms with van der Waals surface area (Å²) in [6.07, 6.45) is 6.67. The fourth-order valence-electron chi connectivity index (χ4n) is 3.13. The Bertz CT molecular complexity index is 520. The van der Waals surface area contributed by atoms with Crippen molar-refractivity contribution in [2.45, 2.75) is 58.6 Å². The van der Waals surface area contributed by atoms with Crippen LogP contribution >= 0.6 is 0 Å². The SMILES string of the molecule is CC(C)=CCCC(C)=CCN1CC(=O)N2CC[C@@H](O)C[C@H]2C1=O. The zero-order valence-electron chi connectivity index (χ0n) is 14.4. The lowest BCUT2D eigenvalue weighted by atomic mass is 9.96. The van der Waals surface area contributed by atoms with Crippen molar-refractivity contribution < 1.29 is 14.7 Å². The van der Waals surface area contributed by atoms with Gasteiger partial charge in [-0.15, -0.1) is 0 Å². The molecule has 0 bridgehead atoms. The number of nitrogens with zero attached hydrogens (tertiary/aromatic N) is 2. The molecule has 0 aromatic rings. The highest BCUT2D eigenvalue weighted by atomic mass is 16.3. The molecular formula is C18H28N2O3. The monoisotopic (exact) mass is 320 g/mol. The number of hydrogen-bond acceptors (Lipinski definition) is 3. The summed E-state index contributed by atoms with van der Waals surface area (Å²) in [6, 6.07) is -0.473. The second kappa shape index (κ2) is 7.77. The third-order valence-electron chi connectivity index (χ3n) is 4.57. The molecule has 2 aliphatic heterocycles. The summed E-state index contributed by atoms with van der Waals surface area (Å²) >= 11 is 0. The second-order valence-electron chi connectivity index (χ2n) is 6.87. The molecule has 2 saturated heterocycles. The Balaban J connectivity index is 1.93. The Morgan fingerprint density at radius 1 is 1.26 bits per heavy atom. The van der Waals surface area contributed by atoms with Crippen LogP contribution in [0.15, 0.2) is 23.3 Å². The zero-order chi connectivity index (χ0) is 17.0. The van der Waals surface area contributed by atoms with Gasteiger partial charge in [0.15, 0.2) is 0 Å². The van der Waals surface area contributed by atoms with Gasteiger partial charge in [0.1, 0.15) is 12.6 Å². The van der Waals surface area contributed by atoms with E-state index in [0.29, 0.717) is 25.9 Å². The number of aliphatic hydroxyl groups is 1. The van der Waals surface area contributed by atoms with E-state index in [2.05, 4.69) is 26.8 Å². The predicted molar refractivity (Wildman–Crippen MR) is 89.7 cm³/mol. The molecule has 2 rings (SSSR count). The highest BCUT2D eigenvalue weighted by molar-refractivity contribution is 5.95. The standard InChI is InChI=1S/C18H28N2O3/c1-13(2)5-4-6-14(3)7-9-19-12-17(22)20-10-8-15(21)11-16(20)18(19)23/h5,7,15-16,21H,4,6,8-12H2,1-3H3/t15-,16+/m1/s1. The average molecular weight is 320 g/mol. The second-order valence-corrected chi connectivity index (χ2v) is 6.87. The summed E-state index contributed by atoms with van der Waals surface area (Å²) in [7, 11) is 0. The first-order valence-electron chi connectivity index (χ1n) is 8.43. The summed E-state index contributed by atoms with van der Waals surface area (Å²) in [6.45, 7) is 7.35. The minimum atomic E-state index is -0.478. The molecular weight excluding hydrogens is 292 g/mol. The van der Waals surface area contributed by atoms with Crippen LogP contribution < -0.4 is 0 Å². The van der Waals surface area contributed by atoms with E-state index < -0.39 is 12.1 Å². The maximum absolute atomic E-state index is 12.5. The minimum Gasteiger partial charge on any atom is -0.393 e. The molecule has 0 spiro atoms. The first-order valence-corrected chi connectivity index (χ1v) is 8.43. The van der Waals surface area contributed by atoms with Gasteiger partial charge in [0, 0.05) is 19.5 Å². The number of allylic oxidation sites excluding steroid dienone is 3. The summed E-state index contributed by atoms with van der Waals surface area (Å²) in [5, 5.41) is 9.77. The highest BCUT2D eigenvalue weighted by Crippen LogP contribution is 2.23. The molecule has 0 aromatic heterocycles. The van der Waals surface area contributed by atoms with Crippen molar-refractivity contribution in [3.05, 3.63) is 23.3 Å². The van der Waals surface area contributed by atoms with Crippen LogP contribution in [0.1, 0.15) is 46.5 Å². The van der Waals surface area contributed by atoms with Crippen LogP contribution in [-0.2, 0) is 9.59 Å². The largest absolute Gasteiger partial charge is 0.393 e. The Morgan fingerprint density at radius 3 is 2.70 bits per heavy atom. The number of amides is 2. The zero-order valence-corrected chi connectivity index (χ0v) is 14.4. The molecule has 1 N–H and O–H groups in total. The molecule has 5 heteroatoms. The summed E-state index contributed by atoms with van der Waals surface area (Å²) < 4.78 is 0. The maximum Gasteiger partial charge on any atom is 0.246 e. The van der Waals surface area contributed by atoms with Gasteiger partial charge in [-0.1, -0.05) is 23.3 Å². The number of piperazine rings is 1.